The normalized spacial score (nSPS) is 12.1. The van der Waals surface area contributed by atoms with E-state index in [1.807, 2.05) is 0 Å². The number of unbranched alkanes of at least 4 members (excludes halogenated alkanes) is 4. The topological polar surface area (TPSA) is 0 Å². The Balaban J connectivity index is 2.98. The smallest absolute Gasteiger partial charge is 0.0519 e. The molecule has 0 aromatic carbocycles. The Labute approximate surface area is 85.7 Å². The third-order valence-electron chi connectivity index (χ3n) is 1.36. The van der Waals surface area contributed by atoms with E-state index in [1.165, 1.54) is 34.6 Å². The van der Waals surface area contributed by atoms with Crippen molar-refractivity contribution in [1.82, 2.24) is 0 Å². The van der Waals surface area contributed by atoms with Gasteiger partial charge in [-0.2, -0.15) is 0 Å². The molecule has 0 aliphatic carbocycles. The van der Waals surface area contributed by atoms with Gasteiger partial charge in [0, 0.05) is 0 Å². The average Bonchev–Trinajstić information content (AvgIpc) is 1.87. The highest BCUT2D eigenvalue weighted by molar-refractivity contribution is 14.1. The summed E-state index contributed by atoms with van der Waals surface area (Å²) in [7, 11) is 0. The highest BCUT2D eigenvalue weighted by Crippen LogP contribution is 2.15. The van der Waals surface area contributed by atoms with E-state index in [0.717, 1.165) is 0 Å². The fraction of sp³-hybridized carbons (Fsp3) is 0.750. The molecule has 0 atom stereocenters. The second-order valence-electron chi connectivity index (χ2n) is 2.34. The number of hydrogen-bond donors (Lipinski definition) is 0. The van der Waals surface area contributed by atoms with Crippen LogP contribution in [0.2, 0.25) is 0 Å². The minimum atomic E-state index is 1.23. The molecule has 0 radical (unpaired) electrons. The fourth-order valence-corrected chi connectivity index (χ4v) is 1.32. The Kier molecular flexibility index (Phi) is 8.82. The lowest BCUT2D eigenvalue weighted by Crippen LogP contribution is -1.73. The number of allylic oxidation sites excluding steroid dienone is 1. The van der Waals surface area contributed by atoms with Crippen LogP contribution in [0.5, 0.6) is 0 Å². The largest absolute Gasteiger partial charge is 0.0654 e. The van der Waals surface area contributed by atoms with Gasteiger partial charge in [-0.3, -0.25) is 0 Å². The quantitative estimate of drug-likeness (QED) is 0.512. The molecule has 0 rings (SSSR count). The monoisotopic (exact) mass is 316 g/mol. The van der Waals surface area contributed by atoms with Crippen molar-refractivity contribution in [2.75, 3.05) is 0 Å². The van der Waals surface area contributed by atoms with E-state index in [0.29, 0.717) is 0 Å². The van der Waals surface area contributed by atoms with Crippen LogP contribution < -0.4 is 0 Å². The molecule has 60 valence electrons. The van der Waals surface area contributed by atoms with Crippen LogP contribution in [0.25, 0.3) is 0 Å². The summed E-state index contributed by atoms with van der Waals surface area (Å²) in [5, 5.41) is 0. The average molecular weight is 317 g/mol. The minimum Gasteiger partial charge on any atom is -0.0654 e. The lowest BCUT2D eigenvalue weighted by molar-refractivity contribution is 0.675. The standard InChI is InChI=1S/C8H14BrI/c1-2-3-4-5-6-7-8(9)10/h7H,2-6H2,1H3/b8-7+. The maximum absolute atomic E-state index is 3.39. The predicted molar refractivity (Wildman–Crippen MR) is 59.8 cm³/mol. The summed E-state index contributed by atoms with van der Waals surface area (Å²) < 4.78 is 1.24. The van der Waals surface area contributed by atoms with Crippen LogP contribution in [-0.4, -0.2) is 0 Å². The first kappa shape index (κ1) is 11.0. The molecule has 2 heteroatoms. The minimum absolute atomic E-state index is 1.23. The van der Waals surface area contributed by atoms with Gasteiger partial charge in [0.2, 0.25) is 0 Å². The predicted octanol–water partition coefficient (Wildman–Crippen LogP) is 4.63. The molecule has 0 nitrogen and oxygen atoms in total. The maximum Gasteiger partial charge on any atom is 0.0519 e. The van der Waals surface area contributed by atoms with E-state index in [2.05, 4.69) is 51.5 Å². The fourth-order valence-electron chi connectivity index (χ4n) is 0.782. The Bertz CT molecular complexity index is 95.4. The van der Waals surface area contributed by atoms with Crippen LogP contribution in [0.3, 0.4) is 0 Å². The van der Waals surface area contributed by atoms with Crippen molar-refractivity contribution in [3.05, 3.63) is 8.57 Å². The Morgan fingerprint density at radius 1 is 1.40 bits per heavy atom. The van der Waals surface area contributed by atoms with Crippen LogP contribution in [-0.2, 0) is 0 Å². The van der Waals surface area contributed by atoms with E-state index >= 15 is 0 Å². The van der Waals surface area contributed by atoms with Gasteiger partial charge in [0.15, 0.2) is 0 Å². The molecule has 0 aliphatic rings. The van der Waals surface area contributed by atoms with Crippen LogP contribution in [0.4, 0.5) is 0 Å². The van der Waals surface area contributed by atoms with Gasteiger partial charge in [-0.1, -0.05) is 32.3 Å². The van der Waals surface area contributed by atoms with Crippen molar-refractivity contribution in [2.45, 2.75) is 39.0 Å². The zero-order chi connectivity index (χ0) is 7.82. The van der Waals surface area contributed by atoms with Crippen molar-refractivity contribution in [2.24, 2.45) is 0 Å². The van der Waals surface area contributed by atoms with Crippen LogP contribution in [0.1, 0.15) is 39.0 Å². The lowest BCUT2D eigenvalue weighted by Gasteiger charge is -1.93. The summed E-state index contributed by atoms with van der Waals surface area (Å²) in [5.41, 5.74) is 0. The third-order valence-corrected chi connectivity index (χ3v) is 2.12. The van der Waals surface area contributed by atoms with Gasteiger partial charge in [-0.05, 0) is 51.4 Å². The van der Waals surface area contributed by atoms with E-state index < -0.39 is 0 Å². The SMILES string of the molecule is CCCCCC/C=C(\Br)I. The van der Waals surface area contributed by atoms with Gasteiger partial charge in [-0.15, -0.1) is 0 Å². The van der Waals surface area contributed by atoms with Gasteiger partial charge < -0.3 is 0 Å². The van der Waals surface area contributed by atoms with E-state index in [1.54, 1.807) is 0 Å². The maximum atomic E-state index is 3.39. The molecule has 0 fully saturated rings. The molecule has 0 amide bonds. The lowest BCUT2D eigenvalue weighted by atomic mass is 10.2. The summed E-state index contributed by atoms with van der Waals surface area (Å²) in [4.78, 5) is 0. The molecule has 0 saturated carbocycles. The Morgan fingerprint density at radius 3 is 2.60 bits per heavy atom. The summed E-state index contributed by atoms with van der Waals surface area (Å²) in [6.07, 6.45) is 8.89. The van der Waals surface area contributed by atoms with E-state index in [9.17, 15) is 0 Å². The molecule has 0 N–H and O–H groups in total. The molecule has 0 spiro atoms. The number of halogens is 2. The molecule has 0 aromatic rings. The van der Waals surface area contributed by atoms with Crippen LogP contribution in [0, 0.1) is 0 Å². The molecular formula is C8H14BrI. The highest BCUT2D eigenvalue weighted by Gasteiger charge is 1.85. The number of rotatable bonds is 5. The molecule has 0 heterocycles. The molecule has 10 heavy (non-hydrogen) atoms. The highest BCUT2D eigenvalue weighted by atomic mass is 127. The summed E-state index contributed by atoms with van der Waals surface area (Å²) in [5.74, 6) is 0. The van der Waals surface area contributed by atoms with Gasteiger partial charge in [-0.25, -0.2) is 0 Å². The van der Waals surface area contributed by atoms with Crippen LogP contribution >= 0.6 is 38.5 Å². The van der Waals surface area contributed by atoms with Gasteiger partial charge in [0.1, 0.15) is 0 Å². The molecule has 0 aromatic heterocycles. The first-order valence-electron chi connectivity index (χ1n) is 3.78. The molecule has 0 unspecified atom stereocenters. The zero-order valence-electron chi connectivity index (χ0n) is 6.37. The van der Waals surface area contributed by atoms with Crippen molar-refractivity contribution >= 4 is 38.5 Å². The van der Waals surface area contributed by atoms with E-state index in [-0.39, 0.29) is 0 Å². The zero-order valence-corrected chi connectivity index (χ0v) is 10.1. The Morgan fingerprint density at radius 2 is 2.10 bits per heavy atom. The first-order valence-corrected chi connectivity index (χ1v) is 5.65. The number of hydrogen-bond acceptors (Lipinski definition) is 0. The molecule has 0 saturated heterocycles. The van der Waals surface area contributed by atoms with Gasteiger partial charge in [0.05, 0.1) is 2.49 Å². The summed E-state index contributed by atoms with van der Waals surface area (Å²) in [6, 6.07) is 0. The van der Waals surface area contributed by atoms with Crippen LogP contribution in [0.15, 0.2) is 8.57 Å². The Hall–Kier alpha value is 0.950. The second kappa shape index (κ2) is 8.05. The summed E-state index contributed by atoms with van der Waals surface area (Å²) in [6.45, 7) is 2.24. The third kappa shape index (κ3) is 8.95. The van der Waals surface area contributed by atoms with Gasteiger partial charge >= 0.3 is 0 Å². The van der Waals surface area contributed by atoms with Crippen molar-refractivity contribution in [1.29, 1.82) is 0 Å². The first-order chi connectivity index (χ1) is 4.77. The van der Waals surface area contributed by atoms with Crippen molar-refractivity contribution in [3.63, 3.8) is 0 Å². The molecular weight excluding hydrogens is 303 g/mol. The van der Waals surface area contributed by atoms with Crippen molar-refractivity contribution < 1.29 is 0 Å². The van der Waals surface area contributed by atoms with E-state index in [4.69, 9.17) is 0 Å². The second-order valence-corrected chi connectivity index (χ2v) is 5.84. The van der Waals surface area contributed by atoms with Gasteiger partial charge in [0.25, 0.3) is 0 Å². The molecule has 0 aliphatic heterocycles. The molecule has 0 bridgehead atoms. The summed E-state index contributed by atoms with van der Waals surface area (Å²) >= 11 is 5.67. The van der Waals surface area contributed by atoms with Crippen molar-refractivity contribution in [3.8, 4) is 0 Å².